The summed E-state index contributed by atoms with van der Waals surface area (Å²) in [6, 6.07) is 21.6. The molecule has 0 aliphatic heterocycles. The Morgan fingerprint density at radius 3 is 0.364 bits per heavy atom. The first kappa shape index (κ1) is 63.4. The van der Waals surface area contributed by atoms with Crippen LogP contribution in [0.1, 0.15) is 0 Å². The first-order valence-corrected chi connectivity index (χ1v) is 29.2. The van der Waals surface area contributed by atoms with Gasteiger partial charge in [0.25, 0.3) is 0 Å². The van der Waals surface area contributed by atoms with E-state index < -0.39 is 15.8 Å². The molecule has 77 heavy (non-hydrogen) atoms. The van der Waals surface area contributed by atoms with Crippen molar-refractivity contribution in [1.29, 1.82) is 0 Å². The Bertz CT molecular complexity index is 2230. The van der Waals surface area contributed by atoms with Crippen molar-refractivity contribution < 1.29 is 101 Å². The second-order valence-electron chi connectivity index (χ2n) is 15.0. The molecule has 6 aromatic carbocycles. The van der Waals surface area contributed by atoms with E-state index in [1.807, 2.05) is 0 Å². The van der Waals surface area contributed by atoms with Crippen molar-refractivity contribution in [1.82, 2.24) is 0 Å². The van der Waals surface area contributed by atoms with Gasteiger partial charge in [0.2, 0.25) is 0 Å². The Morgan fingerprint density at radius 1 is 0.208 bits per heavy atom. The molecule has 0 aliphatic rings. The van der Waals surface area contributed by atoms with Crippen molar-refractivity contribution in [3.8, 4) is 103 Å². The molecular formula is C54H66Cl2O18P2Pd. The zero-order valence-electron chi connectivity index (χ0n) is 46.2. The number of halogens is 2. The fraction of sp³-hybridized carbons (Fsp3) is 0.333. The van der Waals surface area contributed by atoms with Crippen LogP contribution in [0.2, 0.25) is 0 Å². The Morgan fingerprint density at radius 2 is 0.299 bits per heavy atom. The van der Waals surface area contributed by atoms with E-state index in [0.717, 1.165) is 31.8 Å². The molecule has 0 amide bonds. The standard InChI is InChI=1S/2C27H33O9P.2ClH.Pd/c2*1-28-16-10-19(31-4)25(20(11-16)32-5)37(26-21(33-6)12-17(29-2)13-22(26)34-7)27-23(35-8)14-18(30-3)15-24(27)36-9;;;/h2*10-15H,1-9H3;2*1H;/q;;;;+2/p-2. The van der Waals surface area contributed by atoms with E-state index in [-0.39, 0.29) is 15.9 Å². The summed E-state index contributed by atoms with van der Waals surface area (Å²) in [6.45, 7) is 0. The van der Waals surface area contributed by atoms with Crippen LogP contribution in [-0.4, -0.2) is 128 Å². The van der Waals surface area contributed by atoms with Gasteiger partial charge < -0.3 is 85.3 Å². The van der Waals surface area contributed by atoms with Gasteiger partial charge in [0.05, 0.1) is 160 Å². The van der Waals surface area contributed by atoms with Crippen molar-refractivity contribution in [2.75, 3.05) is 128 Å². The van der Waals surface area contributed by atoms with E-state index in [4.69, 9.17) is 104 Å². The summed E-state index contributed by atoms with van der Waals surface area (Å²) in [4.78, 5) is 0. The van der Waals surface area contributed by atoms with Crippen LogP contribution in [0.5, 0.6) is 103 Å². The predicted octanol–water partition coefficient (Wildman–Crippen LogP) is 8.42. The third kappa shape index (κ3) is 14.3. The van der Waals surface area contributed by atoms with E-state index in [1.165, 1.54) is 0 Å². The molecule has 0 unspecified atom stereocenters. The van der Waals surface area contributed by atoms with Gasteiger partial charge in [0.15, 0.2) is 0 Å². The summed E-state index contributed by atoms with van der Waals surface area (Å²) in [6.07, 6.45) is 0. The first-order valence-electron chi connectivity index (χ1n) is 22.5. The normalized spacial score (nSPS) is 10.4. The van der Waals surface area contributed by atoms with Crippen LogP contribution >= 0.6 is 34.9 Å². The Labute approximate surface area is 469 Å². The van der Waals surface area contributed by atoms with Crippen LogP contribution < -0.4 is 117 Å². The van der Waals surface area contributed by atoms with E-state index in [2.05, 4.69) is 0 Å². The maximum atomic E-state index is 5.88. The van der Waals surface area contributed by atoms with Gasteiger partial charge in [0, 0.05) is 88.6 Å². The summed E-state index contributed by atoms with van der Waals surface area (Å²) < 4.78 is 104. The van der Waals surface area contributed by atoms with Gasteiger partial charge in [-0.3, -0.25) is 0 Å². The summed E-state index contributed by atoms with van der Waals surface area (Å²) in [7, 11) is 35.1. The van der Waals surface area contributed by atoms with Crippen molar-refractivity contribution in [2.24, 2.45) is 0 Å². The van der Waals surface area contributed by atoms with Gasteiger partial charge in [-0.15, -0.1) is 0 Å². The number of ether oxygens (including phenoxy) is 18. The second-order valence-corrected chi connectivity index (χ2v) is 21.4. The average molecular weight is 1240 g/mol. The molecule has 0 bridgehead atoms. The van der Waals surface area contributed by atoms with Gasteiger partial charge >= 0.3 is 35.0 Å². The Hall–Kier alpha value is -6.18. The molecule has 23 heteroatoms. The Kier molecular flexibility index (Phi) is 25.7. The van der Waals surface area contributed by atoms with E-state index in [1.54, 1.807) is 201 Å². The summed E-state index contributed by atoms with van der Waals surface area (Å²) in [5.74, 6) is 9.99. The van der Waals surface area contributed by atoms with Crippen LogP contribution in [0.15, 0.2) is 72.8 Å². The second kappa shape index (κ2) is 31.3. The van der Waals surface area contributed by atoms with E-state index in [0.29, 0.717) is 103 Å². The maximum absolute atomic E-state index is 5.88. The fourth-order valence-electron chi connectivity index (χ4n) is 7.92. The molecule has 0 fully saturated rings. The molecule has 6 aromatic rings. The molecule has 18 nitrogen and oxygen atoms in total. The molecule has 0 saturated carbocycles. The van der Waals surface area contributed by atoms with E-state index >= 15 is 0 Å². The molecule has 0 aliphatic carbocycles. The number of rotatable bonds is 24. The molecule has 0 aromatic heterocycles. The Balaban J connectivity index is 0.000000316. The number of hydrogen-bond donors (Lipinski definition) is 0. The van der Waals surface area contributed by atoms with Crippen molar-refractivity contribution in [2.45, 2.75) is 0 Å². The van der Waals surface area contributed by atoms with Crippen LogP contribution in [0.3, 0.4) is 0 Å². The monoisotopic (exact) mass is 1240 g/mol. The van der Waals surface area contributed by atoms with Gasteiger partial charge in [0.1, 0.15) is 103 Å². The SMILES string of the molecule is COc1cc(OC)c(P(c2c(OC)cc(OC)cc2OC)c2c(OC)cc(OC)cc2OC)c(OC)c1.COc1cc(OC)c(P(c2c(OC)cc(OC)cc2OC)c2c(OC)cc(OC)cc2OC)c(OC)c1.[Cl][Pd][Cl]. The zero-order chi connectivity index (χ0) is 56.9. The third-order valence-electron chi connectivity index (χ3n) is 11.5. The predicted molar refractivity (Wildman–Crippen MR) is 300 cm³/mol. The third-order valence-corrected chi connectivity index (χ3v) is 16.8. The quantitative estimate of drug-likeness (QED) is 0.0418. The van der Waals surface area contributed by atoms with Crippen LogP contribution in [0.25, 0.3) is 0 Å². The number of methoxy groups -OCH3 is 18. The fourth-order valence-corrected chi connectivity index (χ4v) is 13.8. The molecular weight excluding hydrogens is 1180 g/mol. The molecule has 0 atom stereocenters. The van der Waals surface area contributed by atoms with Crippen LogP contribution in [-0.2, 0) is 15.9 Å². The van der Waals surface area contributed by atoms with Crippen molar-refractivity contribution in [3.63, 3.8) is 0 Å². The first-order chi connectivity index (χ1) is 37.3. The van der Waals surface area contributed by atoms with Gasteiger partial charge in [-0.1, -0.05) is 0 Å². The average Bonchev–Trinajstić information content (AvgIpc) is 3.50. The van der Waals surface area contributed by atoms with Gasteiger partial charge in [-0.05, 0) is 0 Å². The molecule has 6 rings (SSSR count). The van der Waals surface area contributed by atoms with Crippen LogP contribution in [0, 0.1) is 0 Å². The number of benzene rings is 6. The van der Waals surface area contributed by atoms with E-state index in [9.17, 15) is 0 Å². The molecule has 0 spiro atoms. The van der Waals surface area contributed by atoms with Crippen LogP contribution in [0.4, 0.5) is 0 Å². The molecule has 0 radical (unpaired) electrons. The van der Waals surface area contributed by atoms with Gasteiger partial charge in [-0.25, -0.2) is 0 Å². The topological polar surface area (TPSA) is 166 Å². The number of hydrogen-bond acceptors (Lipinski definition) is 18. The molecule has 0 heterocycles. The minimum atomic E-state index is -1.57. The summed E-state index contributed by atoms with van der Waals surface area (Å²) in [5, 5.41) is 4.44. The zero-order valence-corrected chi connectivity index (χ0v) is 51.1. The van der Waals surface area contributed by atoms with Crippen molar-refractivity contribution in [3.05, 3.63) is 72.8 Å². The molecule has 0 saturated heterocycles. The van der Waals surface area contributed by atoms with Gasteiger partial charge in [-0.2, -0.15) is 0 Å². The minimum absolute atomic E-state index is 0.106. The summed E-state index contributed by atoms with van der Waals surface area (Å²) >= 11 is -0.106. The summed E-state index contributed by atoms with van der Waals surface area (Å²) in [5.41, 5.74) is 0. The van der Waals surface area contributed by atoms with Crippen molar-refractivity contribution >= 4 is 66.7 Å². The molecule has 424 valence electrons. The molecule has 0 N–H and O–H groups in total.